The molecule has 0 bridgehead atoms. The molecule has 0 aliphatic carbocycles. The van der Waals surface area contributed by atoms with Crippen LogP contribution < -0.4 is 0 Å². The minimum absolute atomic E-state index is 0.156. The number of carbonyl (C=O) groups is 3. The maximum Gasteiger partial charge on any atom is 0.410 e. The van der Waals surface area contributed by atoms with Gasteiger partial charge in [-0.2, -0.15) is 0 Å². The molecule has 8 nitrogen and oxygen atoms in total. The first-order valence-electron chi connectivity index (χ1n) is 9.59. The fourth-order valence-electron chi connectivity index (χ4n) is 3.63. The first kappa shape index (κ1) is 21.5. The number of methoxy groups -OCH3 is 1. The molecule has 0 aromatic heterocycles. The molecule has 0 radical (unpaired) electrons. The van der Waals surface area contributed by atoms with E-state index in [2.05, 4.69) is 0 Å². The Bertz CT molecular complexity index is 573. The smallest absolute Gasteiger partial charge is 0.410 e. The van der Waals surface area contributed by atoms with Gasteiger partial charge in [-0.15, -0.1) is 0 Å². The van der Waals surface area contributed by atoms with Crippen molar-refractivity contribution < 1.29 is 28.6 Å². The van der Waals surface area contributed by atoms with E-state index >= 15 is 0 Å². The number of amides is 2. The van der Waals surface area contributed by atoms with Crippen LogP contribution in [0.15, 0.2) is 0 Å². The Morgan fingerprint density at radius 2 is 1.89 bits per heavy atom. The lowest BCUT2D eigenvalue weighted by atomic mass is 10.1. The summed E-state index contributed by atoms with van der Waals surface area (Å²) in [4.78, 5) is 40.5. The minimum Gasteiger partial charge on any atom is -0.467 e. The van der Waals surface area contributed by atoms with Crippen LogP contribution in [0.3, 0.4) is 0 Å². The minimum atomic E-state index is -0.822. The van der Waals surface area contributed by atoms with Gasteiger partial charge in [0.1, 0.15) is 17.4 Å². The molecule has 2 amide bonds. The van der Waals surface area contributed by atoms with Crippen molar-refractivity contribution in [3.8, 4) is 0 Å². The van der Waals surface area contributed by atoms with E-state index in [1.54, 1.807) is 9.80 Å². The first-order chi connectivity index (χ1) is 12.6. The Morgan fingerprint density at radius 1 is 1.22 bits per heavy atom. The van der Waals surface area contributed by atoms with Crippen LogP contribution in [0.25, 0.3) is 0 Å². The molecule has 2 aliphatic rings. The summed E-state index contributed by atoms with van der Waals surface area (Å²) >= 11 is 0. The lowest BCUT2D eigenvalue weighted by molar-refractivity contribution is -0.175. The van der Waals surface area contributed by atoms with Crippen molar-refractivity contribution in [2.24, 2.45) is 0 Å². The molecule has 0 saturated carbocycles. The Hall–Kier alpha value is -1.83. The number of nitrogens with zero attached hydrogens (tertiary/aromatic N) is 2. The normalized spacial score (nSPS) is 27.6. The lowest BCUT2D eigenvalue weighted by Crippen LogP contribution is -2.53. The molecule has 0 aromatic rings. The summed E-state index contributed by atoms with van der Waals surface area (Å²) in [6.45, 7) is 8.63. The molecule has 2 rings (SSSR count). The Balaban J connectivity index is 2.11. The largest absolute Gasteiger partial charge is 0.467 e. The van der Waals surface area contributed by atoms with E-state index < -0.39 is 23.3 Å². The SMILES string of the molecule is COC(=O)[C@@H]1CCC2(C)OCCCN(C(=O)OC(C)(C)C)CCCC(=O)N12. The van der Waals surface area contributed by atoms with Crippen LogP contribution in [0, 0.1) is 0 Å². The van der Waals surface area contributed by atoms with Crippen LogP contribution >= 0.6 is 0 Å². The molecular weight excluding hydrogens is 352 g/mol. The summed E-state index contributed by atoms with van der Waals surface area (Å²) in [6.07, 6.45) is 2.07. The highest BCUT2D eigenvalue weighted by Gasteiger charge is 2.49. The number of esters is 1. The molecule has 2 heterocycles. The molecule has 1 unspecified atom stereocenters. The van der Waals surface area contributed by atoms with Gasteiger partial charge in [0.2, 0.25) is 5.91 Å². The van der Waals surface area contributed by atoms with Gasteiger partial charge in [0.15, 0.2) is 0 Å². The molecule has 0 spiro atoms. The van der Waals surface area contributed by atoms with Crippen molar-refractivity contribution in [1.29, 1.82) is 0 Å². The highest BCUT2D eigenvalue weighted by molar-refractivity contribution is 5.85. The second-order valence-corrected chi connectivity index (χ2v) is 8.29. The summed E-state index contributed by atoms with van der Waals surface area (Å²) < 4.78 is 16.3. The fourth-order valence-corrected chi connectivity index (χ4v) is 3.63. The van der Waals surface area contributed by atoms with Gasteiger partial charge < -0.3 is 24.0 Å². The van der Waals surface area contributed by atoms with E-state index in [0.29, 0.717) is 45.4 Å². The third-order valence-corrected chi connectivity index (χ3v) is 4.90. The van der Waals surface area contributed by atoms with Crippen molar-refractivity contribution in [1.82, 2.24) is 9.80 Å². The number of hydrogen-bond acceptors (Lipinski definition) is 6. The Morgan fingerprint density at radius 3 is 2.52 bits per heavy atom. The highest BCUT2D eigenvalue weighted by Crippen LogP contribution is 2.36. The van der Waals surface area contributed by atoms with E-state index in [1.165, 1.54) is 7.11 Å². The summed E-state index contributed by atoms with van der Waals surface area (Å²) in [7, 11) is 1.33. The van der Waals surface area contributed by atoms with Gasteiger partial charge in [0.25, 0.3) is 0 Å². The maximum absolute atomic E-state index is 12.9. The predicted molar refractivity (Wildman–Crippen MR) is 97.9 cm³/mol. The molecule has 0 aromatic carbocycles. The van der Waals surface area contributed by atoms with E-state index in [0.717, 1.165) is 0 Å². The van der Waals surface area contributed by atoms with Crippen LogP contribution in [0.5, 0.6) is 0 Å². The molecule has 2 aliphatic heterocycles. The molecule has 0 N–H and O–H groups in total. The van der Waals surface area contributed by atoms with Gasteiger partial charge in [-0.1, -0.05) is 0 Å². The van der Waals surface area contributed by atoms with Crippen molar-refractivity contribution >= 4 is 18.0 Å². The summed E-state index contributed by atoms with van der Waals surface area (Å²) in [5.74, 6) is -0.572. The van der Waals surface area contributed by atoms with Crippen molar-refractivity contribution in [3.05, 3.63) is 0 Å². The van der Waals surface area contributed by atoms with Crippen LogP contribution in [-0.4, -0.2) is 71.9 Å². The quantitative estimate of drug-likeness (QED) is 0.645. The highest BCUT2D eigenvalue weighted by atomic mass is 16.6. The van der Waals surface area contributed by atoms with Crippen LogP contribution in [0.1, 0.15) is 59.8 Å². The topological polar surface area (TPSA) is 85.4 Å². The number of rotatable bonds is 1. The van der Waals surface area contributed by atoms with E-state index in [9.17, 15) is 14.4 Å². The molecule has 2 saturated heterocycles. The van der Waals surface area contributed by atoms with Crippen molar-refractivity contribution in [2.45, 2.75) is 77.2 Å². The van der Waals surface area contributed by atoms with Gasteiger partial charge in [-0.25, -0.2) is 9.59 Å². The van der Waals surface area contributed by atoms with Crippen molar-refractivity contribution in [2.75, 3.05) is 26.8 Å². The summed E-state index contributed by atoms with van der Waals surface area (Å²) in [6, 6.07) is -0.616. The number of fused-ring (bicyclic) bond motifs is 1. The number of hydrogen-bond donors (Lipinski definition) is 0. The average Bonchev–Trinajstić information content (AvgIpc) is 2.90. The standard InChI is InChI=1S/C19H32N2O6/c1-18(2,3)27-17(24)20-11-6-8-15(22)21-14(16(23)25-5)9-10-19(21,4)26-13-7-12-20/h14H,6-13H2,1-5H3/t14-,19?/m0/s1. The number of ether oxygens (including phenoxy) is 3. The van der Waals surface area contributed by atoms with Gasteiger partial charge in [0, 0.05) is 19.5 Å². The second kappa shape index (κ2) is 8.46. The molecule has 8 heteroatoms. The zero-order valence-electron chi connectivity index (χ0n) is 17.1. The van der Waals surface area contributed by atoms with E-state index in [-0.39, 0.29) is 18.4 Å². The van der Waals surface area contributed by atoms with Gasteiger partial charge in [0.05, 0.1) is 13.7 Å². The predicted octanol–water partition coefficient (Wildman–Crippen LogP) is 2.30. The van der Waals surface area contributed by atoms with Crippen molar-refractivity contribution in [3.63, 3.8) is 0 Å². The number of carbonyl (C=O) groups excluding carboxylic acids is 3. The second-order valence-electron chi connectivity index (χ2n) is 8.29. The lowest BCUT2D eigenvalue weighted by Gasteiger charge is -2.37. The first-order valence-corrected chi connectivity index (χ1v) is 9.59. The maximum atomic E-state index is 12.9. The van der Waals surface area contributed by atoms with Gasteiger partial charge in [-0.05, 0) is 53.4 Å². The van der Waals surface area contributed by atoms with E-state index in [4.69, 9.17) is 14.2 Å². The zero-order valence-corrected chi connectivity index (χ0v) is 17.1. The summed E-state index contributed by atoms with van der Waals surface area (Å²) in [5.41, 5.74) is -1.39. The van der Waals surface area contributed by atoms with Gasteiger partial charge >= 0.3 is 12.1 Å². The molecule has 2 fully saturated rings. The van der Waals surface area contributed by atoms with Gasteiger partial charge in [-0.3, -0.25) is 4.79 Å². The summed E-state index contributed by atoms with van der Waals surface area (Å²) in [5, 5.41) is 0. The fraction of sp³-hybridized carbons (Fsp3) is 0.842. The molecular formula is C19H32N2O6. The van der Waals surface area contributed by atoms with Crippen LogP contribution in [0.4, 0.5) is 4.79 Å². The van der Waals surface area contributed by atoms with E-state index in [1.807, 2.05) is 27.7 Å². The third-order valence-electron chi connectivity index (χ3n) is 4.90. The molecule has 2 atom stereocenters. The van der Waals surface area contributed by atoms with Crippen LogP contribution in [-0.2, 0) is 23.8 Å². The molecule has 154 valence electrons. The average molecular weight is 384 g/mol. The zero-order chi connectivity index (χ0) is 20.2. The Labute approximate surface area is 161 Å². The van der Waals surface area contributed by atoms with Crippen LogP contribution in [0.2, 0.25) is 0 Å². The monoisotopic (exact) mass is 384 g/mol. The third kappa shape index (κ3) is 5.34. The molecule has 27 heavy (non-hydrogen) atoms. The Kier molecular flexibility index (Phi) is 6.72.